The van der Waals surface area contributed by atoms with Crippen molar-refractivity contribution in [3.05, 3.63) is 28.5 Å². The van der Waals surface area contributed by atoms with Crippen molar-refractivity contribution >= 4 is 21.8 Å². The van der Waals surface area contributed by atoms with E-state index in [0.29, 0.717) is 16.1 Å². The van der Waals surface area contributed by atoms with Crippen molar-refractivity contribution < 1.29 is 13.9 Å². The predicted octanol–water partition coefficient (Wildman–Crippen LogP) is 2.81. The summed E-state index contributed by atoms with van der Waals surface area (Å²) in [4.78, 5) is 14.4. The van der Waals surface area contributed by atoms with Gasteiger partial charge in [-0.25, -0.2) is 4.39 Å². The Kier molecular flexibility index (Phi) is 6.20. The number of hydrogen-bond donors (Lipinski definition) is 1. The minimum Gasteiger partial charge on any atom is -0.480 e. The molecule has 2 unspecified atom stereocenters. The number of amides is 1. The van der Waals surface area contributed by atoms with Crippen molar-refractivity contribution in [2.75, 3.05) is 26.7 Å². The number of likely N-dealkylation sites (tertiary alicyclic amines) is 1. The number of benzene rings is 1. The maximum Gasteiger partial charge on any atom is 0.263 e. The molecule has 0 saturated carbocycles. The first-order valence-electron chi connectivity index (χ1n) is 7.56. The van der Waals surface area contributed by atoms with Gasteiger partial charge in [-0.2, -0.15) is 0 Å². The van der Waals surface area contributed by atoms with Crippen LogP contribution in [0.1, 0.15) is 19.8 Å². The zero-order valence-corrected chi connectivity index (χ0v) is 14.5. The smallest absolute Gasteiger partial charge is 0.263 e. The molecule has 1 aliphatic heterocycles. The van der Waals surface area contributed by atoms with Crippen molar-refractivity contribution in [2.24, 2.45) is 5.92 Å². The number of nitrogens with one attached hydrogen (secondary N) is 1. The SMILES string of the molecule is CNCC1CCCN(C(=O)C(C)Oc2ccc(F)cc2Br)C1. The summed E-state index contributed by atoms with van der Waals surface area (Å²) in [6.07, 6.45) is 1.57. The molecule has 1 aromatic carbocycles. The lowest BCUT2D eigenvalue weighted by molar-refractivity contribution is -0.139. The molecule has 2 rings (SSSR count). The molecule has 22 heavy (non-hydrogen) atoms. The van der Waals surface area contributed by atoms with Crippen LogP contribution in [0.15, 0.2) is 22.7 Å². The second-order valence-corrected chi connectivity index (χ2v) is 6.54. The largest absolute Gasteiger partial charge is 0.480 e. The number of hydrogen-bond acceptors (Lipinski definition) is 3. The van der Waals surface area contributed by atoms with Crippen LogP contribution in [0, 0.1) is 11.7 Å². The lowest BCUT2D eigenvalue weighted by Gasteiger charge is -2.34. The fourth-order valence-electron chi connectivity index (χ4n) is 2.79. The standard InChI is InChI=1S/C16H22BrFN2O2/c1-11(22-15-6-5-13(18)8-14(15)17)16(21)20-7-3-4-12(10-20)9-19-2/h5-6,8,11-12,19H,3-4,7,9-10H2,1-2H3. The molecule has 1 aliphatic rings. The molecule has 1 amide bonds. The summed E-state index contributed by atoms with van der Waals surface area (Å²) in [6.45, 7) is 4.19. The second kappa shape index (κ2) is 7.92. The van der Waals surface area contributed by atoms with Crippen LogP contribution in [0.5, 0.6) is 5.75 Å². The van der Waals surface area contributed by atoms with Gasteiger partial charge in [-0.05, 0) is 73.4 Å². The molecule has 122 valence electrons. The van der Waals surface area contributed by atoms with E-state index in [2.05, 4.69) is 21.2 Å². The Morgan fingerprint density at radius 1 is 1.59 bits per heavy atom. The van der Waals surface area contributed by atoms with Crippen LogP contribution < -0.4 is 10.1 Å². The van der Waals surface area contributed by atoms with Gasteiger partial charge in [0.25, 0.3) is 5.91 Å². The Labute approximate surface area is 139 Å². The summed E-state index contributed by atoms with van der Waals surface area (Å²) in [5.41, 5.74) is 0. The number of piperidine rings is 1. The van der Waals surface area contributed by atoms with E-state index in [1.54, 1.807) is 6.92 Å². The zero-order valence-electron chi connectivity index (χ0n) is 12.9. The van der Waals surface area contributed by atoms with E-state index in [-0.39, 0.29) is 11.7 Å². The summed E-state index contributed by atoms with van der Waals surface area (Å²) in [5, 5.41) is 3.17. The van der Waals surface area contributed by atoms with Crippen LogP contribution in [0.2, 0.25) is 0 Å². The average Bonchev–Trinajstić information content (AvgIpc) is 2.50. The molecule has 1 saturated heterocycles. The maximum atomic E-state index is 13.1. The quantitative estimate of drug-likeness (QED) is 0.863. The van der Waals surface area contributed by atoms with E-state index in [0.717, 1.165) is 32.5 Å². The first-order valence-corrected chi connectivity index (χ1v) is 8.35. The monoisotopic (exact) mass is 372 g/mol. The highest BCUT2D eigenvalue weighted by molar-refractivity contribution is 9.10. The second-order valence-electron chi connectivity index (χ2n) is 5.69. The highest BCUT2D eigenvalue weighted by atomic mass is 79.9. The maximum absolute atomic E-state index is 13.1. The molecule has 1 aromatic rings. The van der Waals surface area contributed by atoms with Crippen LogP contribution in [0.3, 0.4) is 0 Å². The topological polar surface area (TPSA) is 41.6 Å². The Morgan fingerprint density at radius 2 is 2.36 bits per heavy atom. The van der Waals surface area contributed by atoms with Crippen molar-refractivity contribution in [3.8, 4) is 5.75 Å². The summed E-state index contributed by atoms with van der Waals surface area (Å²) in [6, 6.07) is 4.18. The third kappa shape index (κ3) is 4.43. The molecule has 1 N–H and O–H groups in total. The van der Waals surface area contributed by atoms with Crippen LogP contribution >= 0.6 is 15.9 Å². The Balaban J connectivity index is 1.96. The highest BCUT2D eigenvalue weighted by Crippen LogP contribution is 2.27. The number of nitrogens with zero attached hydrogens (tertiary/aromatic N) is 1. The first kappa shape index (κ1) is 17.2. The molecule has 6 heteroatoms. The Hall–Kier alpha value is -1.14. The molecular formula is C16H22BrFN2O2. The number of rotatable bonds is 5. The van der Waals surface area contributed by atoms with Gasteiger partial charge in [0.2, 0.25) is 0 Å². The zero-order chi connectivity index (χ0) is 16.1. The van der Waals surface area contributed by atoms with E-state index in [9.17, 15) is 9.18 Å². The van der Waals surface area contributed by atoms with Crippen molar-refractivity contribution in [1.29, 1.82) is 0 Å². The van der Waals surface area contributed by atoms with Crippen molar-refractivity contribution in [2.45, 2.75) is 25.9 Å². The minimum absolute atomic E-state index is 0.0166. The van der Waals surface area contributed by atoms with E-state index < -0.39 is 6.10 Å². The van der Waals surface area contributed by atoms with Gasteiger partial charge < -0.3 is 15.0 Å². The molecule has 2 atom stereocenters. The number of ether oxygens (including phenoxy) is 1. The number of carbonyl (C=O) groups excluding carboxylic acids is 1. The summed E-state index contributed by atoms with van der Waals surface area (Å²) < 4.78 is 19.3. The lowest BCUT2D eigenvalue weighted by Crippen LogP contribution is -2.47. The van der Waals surface area contributed by atoms with Gasteiger partial charge in [-0.15, -0.1) is 0 Å². The molecule has 1 heterocycles. The van der Waals surface area contributed by atoms with Gasteiger partial charge in [-0.1, -0.05) is 0 Å². The third-order valence-corrected chi connectivity index (χ3v) is 4.49. The lowest BCUT2D eigenvalue weighted by atomic mass is 9.97. The third-order valence-electron chi connectivity index (χ3n) is 3.87. The average molecular weight is 373 g/mol. The normalized spacial score (nSPS) is 19.8. The first-order chi connectivity index (χ1) is 10.5. The van der Waals surface area contributed by atoms with Crippen molar-refractivity contribution in [3.63, 3.8) is 0 Å². The van der Waals surface area contributed by atoms with Crippen LogP contribution in [0.4, 0.5) is 4.39 Å². The molecule has 0 bridgehead atoms. The van der Waals surface area contributed by atoms with E-state index in [4.69, 9.17) is 4.74 Å². The van der Waals surface area contributed by atoms with Crippen LogP contribution in [-0.2, 0) is 4.79 Å². The fraction of sp³-hybridized carbons (Fsp3) is 0.562. The van der Waals surface area contributed by atoms with Gasteiger partial charge in [0.15, 0.2) is 6.10 Å². The molecule has 4 nitrogen and oxygen atoms in total. The minimum atomic E-state index is -0.588. The molecular weight excluding hydrogens is 351 g/mol. The van der Waals surface area contributed by atoms with E-state index in [1.165, 1.54) is 18.2 Å². The highest BCUT2D eigenvalue weighted by Gasteiger charge is 2.27. The number of halogens is 2. The summed E-state index contributed by atoms with van der Waals surface area (Å²) in [7, 11) is 1.93. The molecule has 0 aromatic heterocycles. The van der Waals surface area contributed by atoms with Crippen molar-refractivity contribution in [1.82, 2.24) is 10.2 Å². The van der Waals surface area contributed by atoms with E-state index >= 15 is 0 Å². The predicted molar refractivity (Wildman–Crippen MR) is 87.4 cm³/mol. The van der Waals surface area contributed by atoms with Gasteiger partial charge >= 0.3 is 0 Å². The van der Waals surface area contributed by atoms with Gasteiger partial charge in [0.1, 0.15) is 11.6 Å². The van der Waals surface area contributed by atoms with Gasteiger partial charge in [0, 0.05) is 13.1 Å². The van der Waals surface area contributed by atoms with Gasteiger partial charge in [-0.3, -0.25) is 4.79 Å². The molecule has 0 radical (unpaired) electrons. The Bertz CT molecular complexity index is 525. The number of carbonyl (C=O) groups is 1. The van der Waals surface area contributed by atoms with E-state index in [1.807, 2.05) is 11.9 Å². The summed E-state index contributed by atoms with van der Waals surface area (Å²) in [5.74, 6) is 0.611. The molecule has 0 aliphatic carbocycles. The molecule has 0 spiro atoms. The van der Waals surface area contributed by atoms with Crippen LogP contribution in [-0.4, -0.2) is 43.6 Å². The fourth-order valence-corrected chi connectivity index (χ4v) is 3.23. The summed E-state index contributed by atoms with van der Waals surface area (Å²) >= 11 is 3.25. The molecule has 1 fully saturated rings. The van der Waals surface area contributed by atoms with Gasteiger partial charge in [0.05, 0.1) is 4.47 Å². The Morgan fingerprint density at radius 3 is 3.05 bits per heavy atom. The van der Waals surface area contributed by atoms with Crippen LogP contribution in [0.25, 0.3) is 0 Å².